The van der Waals surface area contributed by atoms with Crippen molar-refractivity contribution in [3.63, 3.8) is 0 Å². The van der Waals surface area contributed by atoms with Crippen LogP contribution in [0.2, 0.25) is 0 Å². The van der Waals surface area contributed by atoms with Crippen LogP contribution < -0.4 is 0 Å². The lowest BCUT2D eigenvalue weighted by Crippen LogP contribution is -2.76. The molecule has 0 aromatic heterocycles. The molecule has 3 aliphatic rings. The Balaban J connectivity index is 2.84. The summed E-state index contributed by atoms with van der Waals surface area (Å²) in [7, 11) is 0. The van der Waals surface area contributed by atoms with Gasteiger partial charge in [0.2, 0.25) is 11.3 Å². The van der Waals surface area contributed by atoms with Gasteiger partial charge in [-0.05, 0) is 12.2 Å². The van der Waals surface area contributed by atoms with Crippen LogP contribution in [0.1, 0.15) is 0 Å². The topological polar surface area (TPSA) is 0 Å². The molecule has 0 radical (unpaired) electrons. The van der Waals surface area contributed by atoms with Gasteiger partial charge in [0.15, 0.2) is 0 Å². The number of halogens is 10. The van der Waals surface area contributed by atoms with Crippen molar-refractivity contribution in [3.05, 3.63) is 24.1 Å². The lowest BCUT2D eigenvalue weighted by Gasteiger charge is -2.55. The predicted octanol–water partition coefficient (Wildman–Crippen LogP) is 4.29. The second kappa shape index (κ2) is 3.51. The summed E-state index contributed by atoms with van der Waals surface area (Å²) in [6.07, 6.45) is -8.23. The highest BCUT2D eigenvalue weighted by molar-refractivity contribution is 5.49. The van der Waals surface area contributed by atoms with Crippen molar-refractivity contribution in [2.45, 2.75) is 29.4 Å². The van der Waals surface area contributed by atoms with E-state index in [1.165, 1.54) is 0 Å². The van der Waals surface area contributed by atoms with Gasteiger partial charge in [-0.3, -0.25) is 0 Å². The van der Waals surface area contributed by atoms with Crippen molar-refractivity contribution in [2.24, 2.45) is 5.92 Å². The van der Waals surface area contributed by atoms with Crippen molar-refractivity contribution in [2.75, 3.05) is 0 Å². The summed E-state index contributed by atoms with van der Waals surface area (Å²) in [6.45, 7) is 0. The molecule has 3 rings (SSSR count). The van der Waals surface area contributed by atoms with Gasteiger partial charge in [-0.1, -0.05) is 0 Å². The lowest BCUT2D eigenvalue weighted by atomic mass is 9.58. The van der Waals surface area contributed by atoms with E-state index in [4.69, 9.17) is 0 Å². The number of alkyl halides is 9. The highest BCUT2D eigenvalue weighted by Crippen LogP contribution is 2.69. The molecular weight excluding hydrogens is 310 g/mol. The molecular formula is C10H4F10. The zero-order chi connectivity index (χ0) is 15.8. The smallest absolute Gasteiger partial charge is 0.231 e. The van der Waals surface area contributed by atoms with Crippen LogP contribution >= 0.6 is 0 Å². The molecule has 114 valence electrons. The van der Waals surface area contributed by atoms with Gasteiger partial charge in [-0.15, -0.1) is 0 Å². The molecule has 0 amide bonds. The molecule has 2 bridgehead atoms. The van der Waals surface area contributed by atoms with E-state index in [0.29, 0.717) is 0 Å². The lowest BCUT2D eigenvalue weighted by molar-refractivity contribution is -0.350. The number of rotatable bonds is 0. The third-order valence-corrected chi connectivity index (χ3v) is 3.48. The highest BCUT2D eigenvalue weighted by Gasteiger charge is 2.89. The summed E-state index contributed by atoms with van der Waals surface area (Å²) in [6, 6.07) is 0. The molecule has 0 spiro atoms. The van der Waals surface area contributed by atoms with Gasteiger partial charge in [0, 0.05) is 5.57 Å². The molecule has 3 atom stereocenters. The zero-order valence-electron chi connectivity index (χ0n) is 9.09. The first kappa shape index (κ1) is 15.2. The van der Waals surface area contributed by atoms with Crippen LogP contribution in [0.25, 0.3) is 0 Å². The van der Waals surface area contributed by atoms with Gasteiger partial charge >= 0.3 is 18.0 Å². The van der Waals surface area contributed by atoms with Crippen LogP contribution in [0.15, 0.2) is 24.1 Å². The molecule has 0 saturated heterocycles. The van der Waals surface area contributed by atoms with E-state index in [-0.39, 0.29) is 0 Å². The molecule has 0 unspecified atom stereocenters. The minimum absolute atomic E-state index is 0.502. The molecule has 0 nitrogen and oxygen atoms in total. The molecule has 0 heterocycles. The summed E-state index contributed by atoms with van der Waals surface area (Å²) in [5.74, 6) is -15.9. The van der Waals surface area contributed by atoms with Crippen LogP contribution in [0.5, 0.6) is 0 Å². The normalized spacial score (nSPS) is 44.1. The maximum absolute atomic E-state index is 14.0. The van der Waals surface area contributed by atoms with E-state index in [2.05, 4.69) is 0 Å². The summed E-state index contributed by atoms with van der Waals surface area (Å²) in [5, 5.41) is 0. The average Bonchev–Trinajstić information content (AvgIpc) is 2.27. The van der Waals surface area contributed by atoms with Crippen LogP contribution in [-0.2, 0) is 0 Å². The Labute approximate surface area is 104 Å². The number of fused-ring (bicyclic) bond motifs is 2. The predicted molar refractivity (Wildman–Crippen MR) is 45.4 cm³/mol. The second-order valence-electron chi connectivity index (χ2n) is 4.50. The van der Waals surface area contributed by atoms with E-state index < -0.39 is 59.3 Å². The van der Waals surface area contributed by atoms with Crippen molar-refractivity contribution in [1.29, 1.82) is 0 Å². The molecule has 1 saturated carbocycles. The van der Waals surface area contributed by atoms with Gasteiger partial charge in [-0.25, -0.2) is 13.2 Å². The van der Waals surface area contributed by atoms with E-state index in [1.54, 1.807) is 0 Å². The molecule has 0 N–H and O–H groups in total. The minimum Gasteiger partial charge on any atom is -0.231 e. The monoisotopic (exact) mass is 314 g/mol. The van der Waals surface area contributed by atoms with E-state index in [1.807, 2.05) is 0 Å². The summed E-state index contributed by atoms with van der Waals surface area (Å²) >= 11 is 0. The number of allylic oxidation sites excluding steroid dienone is 3. The zero-order valence-corrected chi connectivity index (χ0v) is 9.09. The number of hydrogen-bond acceptors (Lipinski definition) is 0. The average molecular weight is 314 g/mol. The SMILES string of the molecule is F/C=C1\[C@H](C(F)(F)F)[C@]2(F)C=C[C@@]1(F)C(F)(F)C2(F)F. The van der Waals surface area contributed by atoms with E-state index >= 15 is 0 Å². The summed E-state index contributed by atoms with van der Waals surface area (Å²) in [4.78, 5) is 0. The Morgan fingerprint density at radius 1 is 0.900 bits per heavy atom. The molecule has 3 aliphatic carbocycles. The van der Waals surface area contributed by atoms with Gasteiger partial charge < -0.3 is 0 Å². The largest absolute Gasteiger partial charge is 0.399 e. The fourth-order valence-corrected chi connectivity index (χ4v) is 2.46. The fourth-order valence-electron chi connectivity index (χ4n) is 2.46. The second-order valence-corrected chi connectivity index (χ2v) is 4.50. The Hall–Kier alpha value is -1.22. The van der Waals surface area contributed by atoms with Gasteiger partial charge in [0.25, 0.3) is 0 Å². The van der Waals surface area contributed by atoms with Crippen molar-refractivity contribution < 1.29 is 43.9 Å². The third-order valence-electron chi connectivity index (χ3n) is 3.48. The molecule has 1 fully saturated rings. The first-order valence-corrected chi connectivity index (χ1v) is 4.98. The van der Waals surface area contributed by atoms with Crippen LogP contribution in [0.3, 0.4) is 0 Å². The Kier molecular flexibility index (Phi) is 2.66. The standard InChI is InChI=1S/C10H4F10/c11-3-4-5(8(14,15)16)7(13)2-1-6(4,12)9(17,18)10(7,19)20/h1-3,5H/b4-3+/t5-,6-,7+/m0/s1. The molecule has 10 heteroatoms. The number of hydrogen-bond donors (Lipinski definition) is 0. The van der Waals surface area contributed by atoms with E-state index in [0.717, 1.165) is 0 Å². The molecule has 0 aliphatic heterocycles. The van der Waals surface area contributed by atoms with E-state index in [9.17, 15) is 43.9 Å². The van der Waals surface area contributed by atoms with Crippen molar-refractivity contribution >= 4 is 0 Å². The van der Waals surface area contributed by atoms with Crippen molar-refractivity contribution in [1.82, 2.24) is 0 Å². The quantitative estimate of drug-likeness (QED) is 0.462. The van der Waals surface area contributed by atoms with Crippen LogP contribution in [0, 0.1) is 5.92 Å². The Morgan fingerprint density at radius 3 is 1.80 bits per heavy atom. The maximum atomic E-state index is 14.0. The molecule has 0 aromatic carbocycles. The third kappa shape index (κ3) is 1.30. The first-order valence-electron chi connectivity index (χ1n) is 4.98. The Bertz CT molecular complexity index is 501. The summed E-state index contributed by atoms with van der Waals surface area (Å²) < 4.78 is 132. The van der Waals surface area contributed by atoms with Gasteiger partial charge in [0.1, 0.15) is 5.92 Å². The van der Waals surface area contributed by atoms with Gasteiger partial charge in [0.05, 0.1) is 6.33 Å². The maximum Gasteiger partial charge on any atom is 0.399 e. The fraction of sp³-hybridized carbons (Fsp3) is 0.600. The Morgan fingerprint density at radius 2 is 1.40 bits per heavy atom. The van der Waals surface area contributed by atoms with Crippen LogP contribution in [0.4, 0.5) is 43.9 Å². The highest BCUT2D eigenvalue weighted by atomic mass is 19.4. The van der Waals surface area contributed by atoms with Crippen molar-refractivity contribution in [3.8, 4) is 0 Å². The van der Waals surface area contributed by atoms with Gasteiger partial charge in [-0.2, -0.15) is 30.7 Å². The summed E-state index contributed by atoms with van der Waals surface area (Å²) in [5.41, 5.74) is -12.1. The molecule has 20 heavy (non-hydrogen) atoms. The molecule has 0 aromatic rings. The van der Waals surface area contributed by atoms with Crippen LogP contribution in [-0.4, -0.2) is 29.4 Å². The minimum atomic E-state index is -5.99. The first-order chi connectivity index (χ1) is 8.77.